The monoisotopic (exact) mass is 304 g/mol. The number of nitrogens with zero attached hydrogens (tertiary/aromatic N) is 1. The third-order valence-corrected chi connectivity index (χ3v) is 2.67. The molecular weight excluding hydrogens is 292 g/mol. The fraction of sp³-hybridized carbons (Fsp3) is 0.0769. The van der Waals surface area contributed by atoms with E-state index in [-0.39, 0.29) is 12.3 Å². The van der Waals surface area contributed by atoms with Gasteiger partial charge in [0, 0.05) is 12.2 Å². The molecule has 1 aromatic heterocycles. The van der Waals surface area contributed by atoms with Crippen LogP contribution >= 0.6 is 0 Å². The lowest BCUT2D eigenvalue weighted by Crippen LogP contribution is -2.22. The zero-order valence-electron chi connectivity index (χ0n) is 11.2. The number of hydrogen-bond acceptors (Lipinski definition) is 5. The third kappa shape index (κ3) is 3.82. The molecule has 9 heteroatoms. The quantitative estimate of drug-likeness (QED) is 0.568. The molecule has 0 atom stereocenters. The van der Waals surface area contributed by atoms with Gasteiger partial charge in [-0.3, -0.25) is 14.9 Å². The Kier molecular flexibility index (Phi) is 4.37. The van der Waals surface area contributed by atoms with E-state index >= 15 is 0 Å². The van der Waals surface area contributed by atoms with Crippen LogP contribution in [0.4, 0.5) is 16.4 Å². The highest BCUT2D eigenvalue weighted by molar-refractivity contribution is 5.91. The smallest absolute Gasteiger partial charge is 0.395 e. The first-order valence-electron chi connectivity index (χ1n) is 6.13. The fourth-order valence-corrected chi connectivity index (χ4v) is 1.67. The topological polar surface area (TPSA) is 140 Å². The molecule has 0 aliphatic carbocycles. The zero-order valence-corrected chi connectivity index (χ0v) is 11.2. The lowest BCUT2D eigenvalue weighted by molar-refractivity contribution is -0.402. The molecule has 0 unspecified atom stereocenters. The summed E-state index contributed by atoms with van der Waals surface area (Å²) in [7, 11) is 0. The Morgan fingerprint density at radius 3 is 2.41 bits per heavy atom. The van der Waals surface area contributed by atoms with Crippen LogP contribution in [-0.2, 0) is 6.54 Å². The van der Waals surface area contributed by atoms with Crippen molar-refractivity contribution in [1.82, 2.24) is 5.32 Å². The Labute approximate surface area is 124 Å². The predicted molar refractivity (Wildman–Crippen MR) is 76.2 cm³/mol. The minimum Gasteiger partial charge on any atom is -0.395 e. The maximum absolute atomic E-state index is 11.8. The number of carbonyl (C=O) groups is 2. The maximum atomic E-state index is 11.8. The second-order valence-electron chi connectivity index (χ2n) is 4.26. The molecule has 0 spiro atoms. The van der Waals surface area contributed by atoms with Gasteiger partial charge in [0.15, 0.2) is 5.76 Å². The summed E-state index contributed by atoms with van der Waals surface area (Å²) in [5, 5.41) is 15.4. The van der Waals surface area contributed by atoms with Crippen molar-refractivity contribution in [2.75, 3.05) is 5.32 Å². The summed E-state index contributed by atoms with van der Waals surface area (Å²) in [4.78, 5) is 32.2. The number of benzene rings is 1. The van der Waals surface area contributed by atoms with Crippen molar-refractivity contribution in [3.8, 4) is 0 Å². The van der Waals surface area contributed by atoms with Gasteiger partial charge < -0.3 is 20.8 Å². The van der Waals surface area contributed by atoms with Crippen molar-refractivity contribution in [2.24, 2.45) is 5.73 Å². The van der Waals surface area contributed by atoms with E-state index in [0.717, 1.165) is 11.6 Å². The highest BCUT2D eigenvalue weighted by atomic mass is 16.6. The molecule has 114 valence electrons. The summed E-state index contributed by atoms with van der Waals surface area (Å²) >= 11 is 0. The van der Waals surface area contributed by atoms with Gasteiger partial charge in [-0.2, -0.15) is 0 Å². The second kappa shape index (κ2) is 6.39. The normalized spacial score (nSPS) is 10.0. The Hall–Kier alpha value is -3.36. The molecule has 0 radical (unpaired) electrons. The maximum Gasteiger partial charge on any atom is 0.433 e. The molecule has 2 rings (SSSR count). The van der Waals surface area contributed by atoms with Crippen molar-refractivity contribution in [2.45, 2.75) is 6.54 Å². The fourth-order valence-electron chi connectivity index (χ4n) is 1.67. The molecule has 0 aliphatic heterocycles. The summed E-state index contributed by atoms with van der Waals surface area (Å²) < 4.78 is 4.79. The molecule has 1 aromatic carbocycles. The molecule has 1 heterocycles. The Balaban J connectivity index is 1.92. The van der Waals surface area contributed by atoms with Crippen LogP contribution in [-0.4, -0.2) is 16.9 Å². The minimum atomic E-state index is -0.721. The third-order valence-electron chi connectivity index (χ3n) is 2.67. The van der Waals surface area contributed by atoms with Crippen molar-refractivity contribution in [3.63, 3.8) is 0 Å². The Morgan fingerprint density at radius 2 is 1.86 bits per heavy atom. The molecule has 0 fully saturated rings. The van der Waals surface area contributed by atoms with Crippen molar-refractivity contribution in [3.05, 3.63) is 57.8 Å². The number of furan rings is 1. The van der Waals surface area contributed by atoms with Crippen LogP contribution in [0.2, 0.25) is 0 Å². The molecule has 4 N–H and O–H groups in total. The van der Waals surface area contributed by atoms with Crippen molar-refractivity contribution in [1.29, 1.82) is 0 Å². The highest BCUT2D eigenvalue weighted by Gasteiger charge is 2.16. The number of carbonyl (C=O) groups excluding carboxylic acids is 2. The summed E-state index contributed by atoms with van der Waals surface area (Å²) in [6.07, 6.45) is 0. The molecule has 0 saturated carbocycles. The number of primary amides is 1. The Bertz CT molecular complexity index is 707. The van der Waals surface area contributed by atoms with E-state index in [9.17, 15) is 19.7 Å². The number of urea groups is 1. The average Bonchev–Trinajstić information content (AvgIpc) is 2.96. The van der Waals surface area contributed by atoms with Crippen molar-refractivity contribution < 1.29 is 18.9 Å². The van der Waals surface area contributed by atoms with E-state index in [1.54, 1.807) is 24.3 Å². The first-order valence-corrected chi connectivity index (χ1v) is 6.13. The Morgan fingerprint density at radius 1 is 1.18 bits per heavy atom. The molecule has 9 nitrogen and oxygen atoms in total. The van der Waals surface area contributed by atoms with E-state index in [1.165, 1.54) is 6.07 Å². The zero-order chi connectivity index (χ0) is 16.1. The van der Waals surface area contributed by atoms with Gasteiger partial charge in [0.05, 0.1) is 6.07 Å². The summed E-state index contributed by atoms with van der Waals surface area (Å²) in [5.41, 5.74) is 6.28. The highest BCUT2D eigenvalue weighted by Crippen LogP contribution is 2.15. The van der Waals surface area contributed by atoms with Gasteiger partial charge >= 0.3 is 11.9 Å². The van der Waals surface area contributed by atoms with Crippen LogP contribution in [0.5, 0.6) is 0 Å². The average molecular weight is 304 g/mol. The van der Waals surface area contributed by atoms with E-state index in [1.807, 2.05) is 0 Å². The molecule has 2 aromatic rings. The van der Waals surface area contributed by atoms with Gasteiger partial charge in [-0.1, -0.05) is 12.1 Å². The van der Waals surface area contributed by atoms with Crippen LogP contribution in [0.15, 0.2) is 40.8 Å². The lowest BCUT2D eigenvalue weighted by atomic mass is 10.2. The van der Waals surface area contributed by atoms with Crippen LogP contribution in [0.3, 0.4) is 0 Å². The van der Waals surface area contributed by atoms with Gasteiger partial charge in [0.25, 0.3) is 5.91 Å². The first-order chi connectivity index (χ1) is 10.5. The van der Waals surface area contributed by atoms with Gasteiger partial charge in [0.1, 0.15) is 4.92 Å². The van der Waals surface area contributed by atoms with Gasteiger partial charge in [-0.15, -0.1) is 0 Å². The van der Waals surface area contributed by atoms with Gasteiger partial charge in [-0.05, 0) is 23.8 Å². The van der Waals surface area contributed by atoms with Gasteiger partial charge in [0.2, 0.25) is 0 Å². The van der Waals surface area contributed by atoms with E-state index in [2.05, 4.69) is 10.6 Å². The van der Waals surface area contributed by atoms with Crippen LogP contribution in [0.1, 0.15) is 16.1 Å². The lowest BCUT2D eigenvalue weighted by Gasteiger charge is -2.05. The number of hydrogen-bond donors (Lipinski definition) is 3. The van der Waals surface area contributed by atoms with Crippen LogP contribution in [0, 0.1) is 10.1 Å². The van der Waals surface area contributed by atoms with Crippen LogP contribution in [0.25, 0.3) is 0 Å². The molecule has 0 aliphatic rings. The predicted octanol–water partition coefficient (Wildman–Crippen LogP) is 1.61. The summed E-state index contributed by atoms with van der Waals surface area (Å²) in [6.45, 7) is 0.199. The molecule has 0 bridgehead atoms. The number of anilines is 1. The summed E-state index contributed by atoms with van der Waals surface area (Å²) in [5.74, 6) is -1.20. The first kappa shape index (κ1) is 15.0. The molecule has 3 amide bonds. The number of nitrogens with one attached hydrogen (secondary N) is 2. The SMILES string of the molecule is NC(=O)Nc1ccc(CNC(=O)c2ccc([N+](=O)[O-])o2)cc1. The number of nitrogens with two attached hydrogens (primary N) is 1. The second-order valence-corrected chi connectivity index (χ2v) is 4.26. The van der Waals surface area contributed by atoms with E-state index in [0.29, 0.717) is 5.69 Å². The summed E-state index contributed by atoms with van der Waals surface area (Å²) in [6, 6.07) is 8.31. The van der Waals surface area contributed by atoms with Crippen molar-refractivity contribution >= 4 is 23.5 Å². The number of rotatable bonds is 5. The van der Waals surface area contributed by atoms with Gasteiger partial charge in [-0.25, -0.2) is 4.79 Å². The van der Waals surface area contributed by atoms with Crippen LogP contribution < -0.4 is 16.4 Å². The molecular formula is C13H12N4O5. The molecule has 22 heavy (non-hydrogen) atoms. The standard InChI is InChI=1S/C13H12N4O5/c14-13(19)16-9-3-1-8(2-4-9)7-15-12(18)10-5-6-11(22-10)17(20)21/h1-6H,7H2,(H,15,18)(H3,14,16,19). The number of amides is 3. The van der Waals surface area contributed by atoms with E-state index in [4.69, 9.17) is 10.2 Å². The number of nitro groups is 1. The molecule has 0 saturated heterocycles. The largest absolute Gasteiger partial charge is 0.433 e. The minimum absolute atomic E-state index is 0.140. The van der Waals surface area contributed by atoms with E-state index < -0.39 is 22.7 Å².